The van der Waals surface area contributed by atoms with Crippen LogP contribution in [0.2, 0.25) is 0 Å². The van der Waals surface area contributed by atoms with Crippen molar-refractivity contribution in [3.63, 3.8) is 0 Å². The van der Waals surface area contributed by atoms with Crippen molar-refractivity contribution in [2.75, 3.05) is 12.3 Å². The summed E-state index contributed by atoms with van der Waals surface area (Å²) in [6.07, 6.45) is 0. The van der Waals surface area contributed by atoms with E-state index in [0.29, 0.717) is 6.61 Å². The molecule has 0 N–H and O–H groups in total. The van der Waals surface area contributed by atoms with Crippen molar-refractivity contribution < 1.29 is 4.74 Å². The molecule has 0 aromatic heterocycles. The maximum Gasteiger partial charge on any atom is 0.119 e. The van der Waals surface area contributed by atoms with E-state index >= 15 is 0 Å². The standard InChI is InChI=1S/C16H15NOS/c1-2-4-13(5-3-1)12-18-15-8-6-14(7-9-15)16-17-10-11-19-16/h1-9H,10-12H2. The van der Waals surface area contributed by atoms with E-state index in [4.69, 9.17) is 4.74 Å². The molecular weight excluding hydrogens is 254 g/mol. The number of thioether (sulfide) groups is 1. The van der Waals surface area contributed by atoms with E-state index in [2.05, 4.69) is 29.3 Å². The molecule has 0 spiro atoms. The van der Waals surface area contributed by atoms with Gasteiger partial charge in [0.2, 0.25) is 0 Å². The summed E-state index contributed by atoms with van der Waals surface area (Å²) in [6.45, 7) is 1.54. The van der Waals surface area contributed by atoms with Crippen LogP contribution >= 0.6 is 11.8 Å². The smallest absolute Gasteiger partial charge is 0.119 e. The second kappa shape index (κ2) is 5.93. The summed E-state index contributed by atoms with van der Waals surface area (Å²) in [4.78, 5) is 4.47. The maximum absolute atomic E-state index is 5.76. The normalized spacial score (nSPS) is 14.2. The lowest BCUT2D eigenvalue weighted by Crippen LogP contribution is -1.96. The molecule has 96 valence electrons. The molecule has 0 saturated carbocycles. The van der Waals surface area contributed by atoms with Crippen LogP contribution < -0.4 is 4.74 Å². The number of rotatable bonds is 4. The summed E-state index contributed by atoms with van der Waals surface area (Å²) < 4.78 is 5.76. The molecule has 0 saturated heterocycles. The molecular formula is C16H15NOS. The van der Waals surface area contributed by atoms with Gasteiger partial charge in [-0.25, -0.2) is 0 Å². The van der Waals surface area contributed by atoms with Gasteiger partial charge in [0.25, 0.3) is 0 Å². The van der Waals surface area contributed by atoms with E-state index in [1.807, 2.05) is 42.1 Å². The molecule has 3 heteroatoms. The van der Waals surface area contributed by atoms with Gasteiger partial charge in [0.15, 0.2) is 0 Å². The minimum absolute atomic E-state index is 0.607. The molecule has 0 radical (unpaired) electrons. The van der Waals surface area contributed by atoms with Gasteiger partial charge >= 0.3 is 0 Å². The predicted octanol–water partition coefficient (Wildman–Crippen LogP) is 3.76. The van der Waals surface area contributed by atoms with Gasteiger partial charge in [-0.1, -0.05) is 30.3 Å². The molecule has 0 amide bonds. The SMILES string of the molecule is c1ccc(COc2ccc(C3=NCCS3)cc2)cc1. The Balaban J connectivity index is 1.63. The van der Waals surface area contributed by atoms with Gasteiger partial charge in [0.05, 0.1) is 5.04 Å². The van der Waals surface area contributed by atoms with Crippen molar-refractivity contribution in [3.8, 4) is 5.75 Å². The summed E-state index contributed by atoms with van der Waals surface area (Å²) in [6, 6.07) is 18.4. The highest BCUT2D eigenvalue weighted by molar-refractivity contribution is 8.14. The van der Waals surface area contributed by atoms with Gasteiger partial charge in [-0.3, -0.25) is 4.99 Å². The Morgan fingerprint density at radius 2 is 1.79 bits per heavy atom. The van der Waals surface area contributed by atoms with Crippen molar-refractivity contribution >= 4 is 16.8 Å². The second-order valence-electron chi connectivity index (χ2n) is 4.33. The van der Waals surface area contributed by atoms with E-state index in [9.17, 15) is 0 Å². The molecule has 1 heterocycles. The fourth-order valence-corrected chi connectivity index (χ4v) is 2.81. The maximum atomic E-state index is 5.76. The van der Waals surface area contributed by atoms with Crippen molar-refractivity contribution in [3.05, 3.63) is 65.7 Å². The lowest BCUT2D eigenvalue weighted by Gasteiger charge is -2.07. The van der Waals surface area contributed by atoms with Gasteiger partial charge < -0.3 is 4.74 Å². The number of hydrogen-bond donors (Lipinski definition) is 0. The fourth-order valence-electron chi connectivity index (χ4n) is 1.94. The number of hydrogen-bond acceptors (Lipinski definition) is 3. The molecule has 0 fully saturated rings. The zero-order valence-corrected chi connectivity index (χ0v) is 11.4. The number of ether oxygens (including phenoxy) is 1. The molecule has 3 rings (SSSR count). The molecule has 1 aliphatic heterocycles. The van der Waals surface area contributed by atoms with Crippen LogP contribution in [0.3, 0.4) is 0 Å². The van der Waals surface area contributed by atoms with Crippen LogP contribution in [-0.2, 0) is 6.61 Å². The van der Waals surface area contributed by atoms with Gasteiger partial charge in [-0.2, -0.15) is 0 Å². The highest BCUT2D eigenvalue weighted by Crippen LogP contribution is 2.21. The van der Waals surface area contributed by atoms with Crippen LogP contribution in [0.15, 0.2) is 59.6 Å². The molecule has 0 atom stereocenters. The third-order valence-electron chi connectivity index (χ3n) is 2.94. The first kappa shape index (κ1) is 12.3. The van der Waals surface area contributed by atoms with Crippen LogP contribution in [0.4, 0.5) is 0 Å². The Kier molecular flexibility index (Phi) is 3.84. The molecule has 0 unspecified atom stereocenters. The van der Waals surface area contributed by atoms with Gasteiger partial charge in [-0.15, -0.1) is 11.8 Å². The third-order valence-corrected chi connectivity index (χ3v) is 3.96. The lowest BCUT2D eigenvalue weighted by atomic mass is 10.2. The van der Waals surface area contributed by atoms with Crippen LogP contribution in [0.1, 0.15) is 11.1 Å². The summed E-state index contributed by atoms with van der Waals surface area (Å²) >= 11 is 1.82. The summed E-state index contributed by atoms with van der Waals surface area (Å²) in [7, 11) is 0. The molecule has 0 bridgehead atoms. The van der Waals surface area contributed by atoms with Gasteiger partial charge in [0.1, 0.15) is 12.4 Å². The monoisotopic (exact) mass is 269 g/mol. The van der Waals surface area contributed by atoms with Crippen LogP contribution in [0.5, 0.6) is 5.75 Å². The highest BCUT2D eigenvalue weighted by Gasteiger charge is 2.09. The molecule has 2 nitrogen and oxygen atoms in total. The molecule has 0 aliphatic carbocycles. The molecule has 1 aliphatic rings. The average Bonchev–Trinajstić information content (AvgIpc) is 3.01. The molecule has 19 heavy (non-hydrogen) atoms. The number of nitrogens with zero attached hydrogens (tertiary/aromatic N) is 1. The first-order valence-corrected chi connectivity index (χ1v) is 7.35. The van der Waals surface area contributed by atoms with Crippen LogP contribution in [-0.4, -0.2) is 17.3 Å². The Morgan fingerprint density at radius 3 is 2.47 bits per heavy atom. The first-order chi connectivity index (χ1) is 9.42. The fraction of sp³-hybridized carbons (Fsp3) is 0.188. The first-order valence-electron chi connectivity index (χ1n) is 6.36. The molecule has 2 aromatic rings. The zero-order chi connectivity index (χ0) is 12.9. The van der Waals surface area contributed by atoms with Crippen molar-refractivity contribution in [2.24, 2.45) is 4.99 Å². The minimum Gasteiger partial charge on any atom is -0.489 e. The summed E-state index contributed by atoms with van der Waals surface area (Å²) in [5, 5.41) is 1.15. The lowest BCUT2D eigenvalue weighted by molar-refractivity contribution is 0.306. The van der Waals surface area contributed by atoms with E-state index in [1.54, 1.807) is 0 Å². The van der Waals surface area contributed by atoms with E-state index in [0.717, 1.165) is 23.1 Å². The van der Waals surface area contributed by atoms with Crippen LogP contribution in [0, 0.1) is 0 Å². The van der Waals surface area contributed by atoms with E-state index in [-0.39, 0.29) is 0 Å². The topological polar surface area (TPSA) is 21.6 Å². The van der Waals surface area contributed by atoms with Gasteiger partial charge in [-0.05, 0) is 29.8 Å². The van der Waals surface area contributed by atoms with E-state index < -0.39 is 0 Å². The zero-order valence-electron chi connectivity index (χ0n) is 10.6. The highest BCUT2D eigenvalue weighted by atomic mass is 32.2. The summed E-state index contributed by atoms with van der Waals surface area (Å²) in [5.74, 6) is 2.00. The quantitative estimate of drug-likeness (QED) is 0.843. The van der Waals surface area contributed by atoms with Crippen molar-refractivity contribution in [1.29, 1.82) is 0 Å². The van der Waals surface area contributed by atoms with Crippen molar-refractivity contribution in [2.45, 2.75) is 6.61 Å². The Hall–Kier alpha value is -1.74. The van der Waals surface area contributed by atoms with E-state index in [1.165, 1.54) is 11.1 Å². The number of aliphatic imine (C=N–C) groups is 1. The Morgan fingerprint density at radius 1 is 1.00 bits per heavy atom. The van der Waals surface area contributed by atoms with Gasteiger partial charge in [0, 0.05) is 17.9 Å². The number of benzene rings is 2. The second-order valence-corrected chi connectivity index (χ2v) is 5.42. The average molecular weight is 269 g/mol. The predicted molar refractivity (Wildman–Crippen MR) is 81.1 cm³/mol. The van der Waals surface area contributed by atoms with Crippen molar-refractivity contribution in [1.82, 2.24) is 0 Å². The third kappa shape index (κ3) is 3.18. The largest absolute Gasteiger partial charge is 0.489 e. The minimum atomic E-state index is 0.607. The van der Waals surface area contributed by atoms with Crippen LogP contribution in [0.25, 0.3) is 0 Å². The Labute approximate surface area is 117 Å². The summed E-state index contributed by atoms with van der Waals surface area (Å²) in [5.41, 5.74) is 2.37. The molecule has 2 aromatic carbocycles. The Bertz CT molecular complexity index is 563.